The Bertz CT molecular complexity index is 512. The largest absolute Gasteiger partial charge is 0.506 e. The zero-order valence-corrected chi connectivity index (χ0v) is 8.69. The van der Waals surface area contributed by atoms with Crippen molar-refractivity contribution in [3.8, 4) is 5.75 Å². The van der Waals surface area contributed by atoms with E-state index in [1.807, 2.05) is 0 Å². The minimum absolute atomic E-state index is 0.127. The van der Waals surface area contributed by atoms with E-state index in [4.69, 9.17) is 11.6 Å². The lowest BCUT2D eigenvalue weighted by Crippen LogP contribution is -2.28. The Labute approximate surface area is 95.5 Å². The molecule has 2 rings (SSSR count). The van der Waals surface area contributed by atoms with Crippen molar-refractivity contribution < 1.29 is 19.4 Å². The zero-order chi connectivity index (χ0) is 11.9. The van der Waals surface area contributed by atoms with E-state index in [9.17, 15) is 14.7 Å². The van der Waals surface area contributed by atoms with E-state index in [0.717, 1.165) is 4.90 Å². The van der Waals surface area contributed by atoms with Crippen LogP contribution < -0.4 is 4.90 Å². The fourth-order valence-electron chi connectivity index (χ4n) is 1.27. The summed E-state index contributed by atoms with van der Waals surface area (Å²) in [5.41, 5.74) is 0.176. The lowest BCUT2D eigenvalue weighted by Gasteiger charge is -2.10. The van der Waals surface area contributed by atoms with Gasteiger partial charge in [0.15, 0.2) is 5.76 Å². The highest BCUT2D eigenvalue weighted by molar-refractivity contribution is 6.32. The summed E-state index contributed by atoms with van der Waals surface area (Å²) in [5.74, 6) is -1.14. The number of amides is 2. The maximum absolute atomic E-state index is 11.5. The minimum Gasteiger partial charge on any atom is -0.506 e. The Morgan fingerprint density at radius 1 is 1.38 bits per heavy atom. The number of carbonyl (C=O) groups excluding carboxylic acids is 2. The molecule has 0 saturated carbocycles. The Morgan fingerprint density at radius 3 is 2.56 bits per heavy atom. The second-order valence-electron chi connectivity index (χ2n) is 3.07. The Kier molecular flexibility index (Phi) is 2.32. The zero-order valence-electron chi connectivity index (χ0n) is 7.94. The molecule has 0 unspecified atom stereocenters. The van der Waals surface area contributed by atoms with E-state index in [2.05, 4.69) is 11.3 Å². The number of hydrogen-bond acceptors (Lipinski definition) is 4. The van der Waals surface area contributed by atoms with Crippen LogP contribution in [0.5, 0.6) is 5.75 Å². The van der Waals surface area contributed by atoms with Gasteiger partial charge in [0.2, 0.25) is 0 Å². The van der Waals surface area contributed by atoms with Crippen LogP contribution in [-0.4, -0.2) is 17.1 Å². The molecule has 1 N–H and O–H groups in total. The van der Waals surface area contributed by atoms with Gasteiger partial charge in [0, 0.05) is 6.07 Å². The monoisotopic (exact) mass is 239 g/mol. The number of phenols is 1. The highest BCUT2D eigenvalue weighted by Gasteiger charge is 2.36. The molecule has 2 amide bonds. The normalized spacial score (nSPS) is 15.6. The quantitative estimate of drug-likeness (QED) is 0.762. The van der Waals surface area contributed by atoms with Gasteiger partial charge in [0.25, 0.3) is 0 Å². The van der Waals surface area contributed by atoms with Crippen molar-refractivity contribution in [2.75, 3.05) is 4.90 Å². The van der Waals surface area contributed by atoms with Crippen molar-refractivity contribution in [3.05, 3.63) is 35.6 Å². The molecule has 82 valence electrons. The molecule has 1 aliphatic heterocycles. The molecule has 6 heteroatoms. The molecular weight excluding hydrogens is 234 g/mol. The smallest absolute Gasteiger partial charge is 0.427 e. The SMILES string of the molecule is C=C1OC(=O)N(c2ccc(Cl)c(O)c2)C1=O. The first-order valence-corrected chi connectivity index (χ1v) is 4.62. The Morgan fingerprint density at radius 2 is 2.06 bits per heavy atom. The first kappa shape index (κ1) is 10.5. The van der Waals surface area contributed by atoms with Gasteiger partial charge < -0.3 is 9.84 Å². The topological polar surface area (TPSA) is 66.8 Å². The van der Waals surface area contributed by atoms with E-state index >= 15 is 0 Å². The third-order valence-electron chi connectivity index (χ3n) is 2.02. The third kappa shape index (κ3) is 1.51. The van der Waals surface area contributed by atoms with E-state index in [1.165, 1.54) is 18.2 Å². The number of phenolic OH excluding ortho intramolecular Hbond substituents is 1. The molecule has 1 heterocycles. The number of anilines is 1. The molecule has 0 atom stereocenters. The lowest BCUT2D eigenvalue weighted by molar-refractivity contribution is -0.114. The van der Waals surface area contributed by atoms with Gasteiger partial charge in [0.1, 0.15) is 5.75 Å². The number of ether oxygens (including phenoxy) is 1. The van der Waals surface area contributed by atoms with E-state index in [0.29, 0.717) is 0 Å². The maximum Gasteiger partial charge on any atom is 0.427 e. The number of aromatic hydroxyl groups is 1. The summed E-state index contributed by atoms with van der Waals surface area (Å²) in [6.45, 7) is 3.28. The summed E-state index contributed by atoms with van der Waals surface area (Å²) < 4.78 is 4.54. The fraction of sp³-hybridized carbons (Fsp3) is 0. The van der Waals surface area contributed by atoms with E-state index in [1.54, 1.807) is 0 Å². The van der Waals surface area contributed by atoms with Crippen molar-refractivity contribution in [2.24, 2.45) is 0 Å². The second kappa shape index (κ2) is 3.53. The van der Waals surface area contributed by atoms with Gasteiger partial charge >= 0.3 is 12.0 Å². The van der Waals surface area contributed by atoms with Crippen LogP contribution in [0.2, 0.25) is 5.02 Å². The van der Waals surface area contributed by atoms with Gasteiger partial charge in [-0.25, -0.2) is 9.69 Å². The molecule has 1 fully saturated rings. The Hall–Kier alpha value is -2.01. The van der Waals surface area contributed by atoms with Crippen molar-refractivity contribution >= 4 is 29.3 Å². The van der Waals surface area contributed by atoms with Gasteiger partial charge in [-0.3, -0.25) is 4.79 Å². The van der Waals surface area contributed by atoms with Crippen LogP contribution in [0.15, 0.2) is 30.5 Å². The first-order chi connectivity index (χ1) is 7.50. The summed E-state index contributed by atoms with van der Waals surface area (Å²) in [4.78, 5) is 23.5. The predicted molar refractivity (Wildman–Crippen MR) is 56.2 cm³/mol. The number of carbonyl (C=O) groups is 2. The predicted octanol–water partition coefficient (Wildman–Crippen LogP) is 2.04. The summed E-state index contributed by atoms with van der Waals surface area (Å²) in [7, 11) is 0. The van der Waals surface area contributed by atoms with Crippen LogP contribution in [0.4, 0.5) is 10.5 Å². The number of nitrogens with zero attached hydrogens (tertiary/aromatic N) is 1. The second-order valence-corrected chi connectivity index (χ2v) is 3.47. The van der Waals surface area contributed by atoms with Gasteiger partial charge in [-0.1, -0.05) is 11.6 Å². The van der Waals surface area contributed by atoms with Crippen molar-refractivity contribution in [2.45, 2.75) is 0 Å². The Balaban J connectivity index is 2.45. The van der Waals surface area contributed by atoms with Gasteiger partial charge in [0.05, 0.1) is 10.7 Å². The average molecular weight is 240 g/mol. The highest BCUT2D eigenvalue weighted by atomic mass is 35.5. The molecule has 0 bridgehead atoms. The van der Waals surface area contributed by atoms with E-state index in [-0.39, 0.29) is 22.2 Å². The molecule has 1 aromatic carbocycles. The summed E-state index contributed by atoms with van der Waals surface area (Å²) in [6, 6.07) is 3.98. The van der Waals surface area contributed by atoms with Crippen LogP contribution in [0.25, 0.3) is 0 Å². The molecule has 1 aliphatic rings. The first-order valence-electron chi connectivity index (χ1n) is 4.24. The number of rotatable bonds is 1. The van der Waals surface area contributed by atoms with Gasteiger partial charge in [-0.2, -0.15) is 0 Å². The van der Waals surface area contributed by atoms with Crippen molar-refractivity contribution in [1.29, 1.82) is 0 Å². The summed E-state index contributed by atoms with van der Waals surface area (Å²) in [6.07, 6.45) is -0.850. The molecule has 1 saturated heterocycles. The number of cyclic esters (lactones) is 1. The third-order valence-corrected chi connectivity index (χ3v) is 2.34. The van der Waals surface area contributed by atoms with Crippen LogP contribution in [-0.2, 0) is 9.53 Å². The molecule has 0 radical (unpaired) electrons. The summed E-state index contributed by atoms with van der Waals surface area (Å²) in [5, 5.41) is 9.48. The van der Waals surface area contributed by atoms with Crippen LogP contribution in [0, 0.1) is 0 Å². The average Bonchev–Trinajstić information content (AvgIpc) is 2.47. The minimum atomic E-state index is -0.850. The van der Waals surface area contributed by atoms with Crippen LogP contribution in [0.3, 0.4) is 0 Å². The number of benzene rings is 1. The fourth-order valence-corrected chi connectivity index (χ4v) is 1.38. The maximum atomic E-state index is 11.5. The van der Waals surface area contributed by atoms with E-state index < -0.39 is 12.0 Å². The molecule has 16 heavy (non-hydrogen) atoms. The molecule has 0 aliphatic carbocycles. The highest BCUT2D eigenvalue weighted by Crippen LogP contribution is 2.31. The number of halogens is 1. The molecule has 1 aromatic rings. The van der Waals surface area contributed by atoms with Crippen molar-refractivity contribution in [3.63, 3.8) is 0 Å². The molecule has 5 nitrogen and oxygen atoms in total. The molecule has 0 aromatic heterocycles. The van der Waals surface area contributed by atoms with Crippen LogP contribution in [0.1, 0.15) is 0 Å². The number of hydrogen-bond donors (Lipinski definition) is 1. The summed E-state index contributed by atoms with van der Waals surface area (Å²) >= 11 is 5.60. The van der Waals surface area contributed by atoms with Crippen LogP contribution >= 0.6 is 11.6 Å². The lowest BCUT2D eigenvalue weighted by atomic mass is 10.2. The van der Waals surface area contributed by atoms with Gasteiger partial charge in [-0.05, 0) is 18.7 Å². The molecule has 0 spiro atoms. The van der Waals surface area contributed by atoms with Crippen molar-refractivity contribution in [1.82, 2.24) is 0 Å². The number of imide groups is 1. The van der Waals surface area contributed by atoms with Gasteiger partial charge in [-0.15, -0.1) is 0 Å². The molecular formula is C10H6ClNO4. The standard InChI is InChI=1S/C10H6ClNO4/c1-5-9(14)12(10(15)16-5)6-2-3-7(11)8(13)4-6/h2-4,13H,1H2.